The second-order valence-corrected chi connectivity index (χ2v) is 13.8. The molecule has 0 radical (unpaired) electrons. The molecule has 4 aliphatic carbocycles. The lowest BCUT2D eigenvalue weighted by atomic mass is 9.43. The van der Waals surface area contributed by atoms with Crippen LogP contribution in [-0.4, -0.2) is 41.3 Å². The smallest absolute Gasteiger partial charge is 0.305 e. The van der Waals surface area contributed by atoms with Crippen molar-refractivity contribution in [3.8, 4) is 0 Å². The van der Waals surface area contributed by atoms with E-state index in [2.05, 4.69) is 26.1 Å². The number of hydrogen-bond donors (Lipinski definition) is 3. The molecule has 39 heavy (non-hydrogen) atoms. The molecule has 1 aromatic carbocycles. The summed E-state index contributed by atoms with van der Waals surface area (Å²) >= 11 is 0. The highest BCUT2D eigenvalue weighted by Gasteiger charge is 2.63. The third-order valence-electron chi connectivity index (χ3n) is 12.3. The second kappa shape index (κ2) is 11.2. The van der Waals surface area contributed by atoms with E-state index in [9.17, 15) is 19.8 Å². The Kier molecular flexibility index (Phi) is 8.18. The van der Waals surface area contributed by atoms with Gasteiger partial charge in [-0.05, 0) is 116 Å². The van der Waals surface area contributed by atoms with Gasteiger partial charge in [-0.2, -0.15) is 0 Å². The van der Waals surface area contributed by atoms with Gasteiger partial charge in [0.2, 0.25) is 0 Å². The minimum Gasteiger partial charge on any atom is -0.469 e. The van der Waals surface area contributed by atoms with Gasteiger partial charge in [0.1, 0.15) is 0 Å². The number of nitrogens with one attached hydrogen (secondary N) is 1. The van der Waals surface area contributed by atoms with Gasteiger partial charge in [0.05, 0.1) is 19.8 Å². The quantitative estimate of drug-likeness (QED) is 0.398. The molecule has 0 aromatic heterocycles. The van der Waals surface area contributed by atoms with Gasteiger partial charge in [0.25, 0.3) is 5.91 Å². The van der Waals surface area contributed by atoms with Crippen LogP contribution in [0, 0.1) is 46.3 Å². The highest BCUT2D eigenvalue weighted by Crippen LogP contribution is 2.68. The summed E-state index contributed by atoms with van der Waals surface area (Å²) in [6.45, 7) is 6.97. The van der Waals surface area contributed by atoms with Crippen LogP contribution in [0.3, 0.4) is 0 Å². The van der Waals surface area contributed by atoms with Gasteiger partial charge in [-0.15, -0.1) is 0 Å². The summed E-state index contributed by atoms with van der Waals surface area (Å²) in [6.07, 6.45) is 9.66. The van der Waals surface area contributed by atoms with Gasteiger partial charge in [-0.3, -0.25) is 9.59 Å². The minimum absolute atomic E-state index is 0.0782. The summed E-state index contributed by atoms with van der Waals surface area (Å²) < 4.78 is 4.89. The molecule has 0 heterocycles. The molecule has 0 bridgehead atoms. The number of aliphatic hydroxyl groups is 2. The molecule has 0 spiro atoms. The highest BCUT2D eigenvalue weighted by atomic mass is 16.5. The normalized spacial score (nSPS) is 40.1. The first-order chi connectivity index (χ1) is 18.6. The van der Waals surface area contributed by atoms with Crippen LogP contribution >= 0.6 is 0 Å². The standard InChI is InChI=1S/C33H49NO5/c1-20(9-14-30(37)39-4)26-12-13-27-25-11-10-22-17-23(34-31(38)24-8-6-5-7-21(24)19-35)15-16-32(22,2)28(25)18-29(36)33(26,27)3/h5-8,20,22-23,25-29,35-36H,9-19H2,1-4H3,(H,34,38)/t20?,22?,23?,25?,26-,27?,28?,29?,32+,33-/m1/s1. The van der Waals surface area contributed by atoms with Crippen LogP contribution in [0.2, 0.25) is 0 Å². The zero-order valence-electron chi connectivity index (χ0n) is 24.3. The first-order valence-corrected chi connectivity index (χ1v) is 15.4. The summed E-state index contributed by atoms with van der Waals surface area (Å²) in [4.78, 5) is 24.9. The molecule has 4 fully saturated rings. The summed E-state index contributed by atoms with van der Waals surface area (Å²) in [5, 5.41) is 24.8. The third-order valence-corrected chi connectivity index (χ3v) is 12.3. The van der Waals surface area contributed by atoms with E-state index in [4.69, 9.17) is 4.74 Å². The second-order valence-electron chi connectivity index (χ2n) is 13.8. The van der Waals surface area contributed by atoms with Gasteiger partial charge in [-0.25, -0.2) is 0 Å². The molecular formula is C33H49NO5. The van der Waals surface area contributed by atoms with Gasteiger partial charge in [0, 0.05) is 18.0 Å². The van der Waals surface area contributed by atoms with Crippen molar-refractivity contribution in [2.75, 3.05) is 7.11 Å². The number of rotatable bonds is 7. The lowest BCUT2D eigenvalue weighted by Crippen LogP contribution is -2.59. The van der Waals surface area contributed by atoms with Crippen molar-refractivity contribution in [1.82, 2.24) is 5.32 Å². The van der Waals surface area contributed by atoms with Gasteiger partial charge in [-0.1, -0.05) is 39.0 Å². The van der Waals surface area contributed by atoms with E-state index in [1.54, 1.807) is 6.07 Å². The molecule has 4 aliphatic rings. The van der Waals surface area contributed by atoms with E-state index in [0.717, 1.165) is 38.5 Å². The molecule has 1 amide bonds. The molecule has 10 atom stereocenters. The molecular weight excluding hydrogens is 490 g/mol. The number of benzene rings is 1. The lowest BCUT2D eigenvalue weighted by molar-refractivity contribution is -0.169. The van der Waals surface area contributed by atoms with Crippen molar-refractivity contribution in [3.05, 3.63) is 35.4 Å². The largest absolute Gasteiger partial charge is 0.469 e. The topological polar surface area (TPSA) is 95.9 Å². The zero-order valence-corrected chi connectivity index (χ0v) is 24.3. The Bertz CT molecular complexity index is 1060. The van der Waals surface area contributed by atoms with E-state index in [1.165, 1.54) is 26.4 Å². The Balaban J connectivity index is 1.26. The maximum absolute atomic E-state index is 13.1. The zero-order chi connectivity index (χ0) is 27.9. The van der Waals surface area contributed by atoms with Gasteiger partial charge >= 0.3 is 5.97 Å². The van der Waals surface area contributed by atoms with Crippen LogP contribution in [-0.2, 0) is 16.1 Å². The molecule has 6 heteroatoms. The first-order valence-electron chi connectivity index (χ1n) is 15.4. The van der Waals surface area contributed by atoms with E-state index >= 15 is 0 Å². The summed E-state index contributed by atoms with van der Waals surface area (Å²) in [5.41, 5.74) is 1.36. The molecule has 5 rings (SSSR count). The fourth-order valence-corrected chi connectivity index (χ4v) is 10.1. The lowest BCUT2D eigenvalue weighted by Gasteiger charge is -2.62. The number of amides is 1. The Hall–Kier alpha value is -1.92. The molecule has 0 saturated heterocycles. The Morgan fingerprint density at radius 2 is 1.85 bits per heavy atom. The summed E-state index contributed by atoms with van der Waals surface area (Å²) in [5.74, 6) is 2.90. The SMILES string of the molecule is COC(=O)CCC(C)[C@H]1CCC2C3CCC4CC(NC(=O)c5ccccc5CO)CC[C@]4(C)C3CC(O)[C@@]21C. The van der Waals surface area contributed by atoms with E-state index < -0.39 is 0 Å². The molecule has 3 N–H and O–H groups in total. The number of aliphatic hydroxyl groups excluding tert-OH is 2. The average Bonchev–Trinajstić information content (AvgIpc) is 3.31. The number of methoxy groups -OCH3 is 1. The molecule has 216 valence electrons. The third kappa shape index (κ3) is 4.94. The average molecular weight is 540 g/mol. The minimum atomic E-state index is -0.306. The molecule has 0 aliphatic heterocycles. The summed E-state index contributed by atoms with van der Waals surface area (Å²) in [7, 11) is 1.46. The number of esters is 1. The Morgan fingerprint density at radius 3 is 2.59 bits per heavy atom. The monoisotopic (exact) mass is 539 g/mol. The number of carbonyl (C=O) groups excluding carboxylic acids is 2. The van der Waals surface area contributed by atoms with Crippen molar-refractivity contribution in [3.63, 3.8) is 0 Å². The molecule has 7 unspecified atom stereocenters. The number of fused-ring (bicyclic) bond motifs is 5. The van der Waals surface area contributed by atoms with Crippen molar-refractivity contribution >= 4 is 11.9 Å². The Labute approximate surface area is 234 Å². The number of ether oxygens (including phenoxy) is 1. The van der Waals surface area contributed by atoms with E-state index in [1.807, 2.05) is 18.2 Å². The van der Waals surface area contributed by atoms with Crippen molar-refractivity contribution in [2.24, 2.45) is 46.3 Å². The van der Waals surface area contributed by atoms with Crippen LogP contribution in [0.15, 0.2) is 24.3 Å². The van der Waals surface area contributed by atoms with Crippen LogP contribution in [0.25, 0.3) is 0 Å². The van der Waals surface area contributed by atoms with Crippen molar-refractivity contribution in [1.29, 1.82) is 0 Å². The van der Waals surface area contributed by atoms with Crippen molar-refractivity contribution < 1.29 is 24.5 Å². The Morgan fingerprint density at radius 1 is 1.08 bits per heavy atom. The fourth-order valence-electron chi connectivity index (χ4n) is 10.1. The van der Waals surface area contributed by atoms with Crippen molar-refractivity contribution in [2.45, 2.75) is 104 Å². The first kappa shape index (κ1) is 28.6. The predicted octanol–water partition coefficient (Wildman–Crippen LogP) is 5.50. The van der Waals surface area contributed by atoms with E-state index in [-0.39, 0.29) is 41.5 Å². The maximum atomic E-state index is 13.1. The maximum Gasteiger partial charge on any atom is 0.305 e. The van der Waals surface area contributed by atoms with Crippen LogP contribution in [0.5, 0.6) is 0 Å². The molecule has 4 saturated carbocycles. The van der Waals surface area contributed by atoms with Crippen LogP contribution in [0.4, 0.5) is 0 Å². The van der Waals surface area contributed by atoms with Gasteiger partial charge < -0.3 is 20.3 Å². The van der Waals surface area contributed by atoms with Crippen LogP contribution < -0.4 is 5.32 Å². The van der Waals surface area contributed by atoms with Crippen LogP contribution in [0.1, 0.15) is 101 Å². The van der Waals surface area contributed by atoms with Gasteiger partial charge in [0.15, 0.2) is 0 Å². The summed E-state index contributed by atoms with van der Waals surface area (Å²) in [6, 6.07) is 7.47. The number of hydrogen-bond acceptors (Lipinski definition) is 5. The molecule has 6 nitrogen and oxygen atoms in total. The molecule has 1 aromatic rings. The fraction of sp³-hybridized carbons (Fsp3) is 0.758. The predicted molar refractivity (Wildman–Crippen MR) is 151 cm³/mol. The number of carbonyl (C=O) groups is 2. The highest BCUT2D eigenvalue weighted by molar-refractivity contribution is 5.95. The van der Waals surface area contributed by atoms with E-state index in [0.29, 0.717) is 53.1 Å².